The van der Waals surface area contributed by atoms with E-state index in [9.17, 15) is 8.42 Å². The lowest BCUT2D eigenvalue weighted by Crippen LogP contribution is -2.18. The summed E-state index contributed by atoms with van der Waals surface area (Å²) >= 11 is 0. The number of rotatable bonds is 4. The van der Waals surface area contributed by atoms with Crippen molar-refractivity contribution >= 4 is 10.0 Å². The number of aryl methyl sites for hydroxylation is 1. The number of nitrogens with zero attached hydrogens (tertiary/aromatic N) is 3. The predicted octanol–water partition coefficient (Wildman–Crippen LogP) is 1.24. The Morgan fingerprint density at radius 2 is 2.05 bits per heavy atom. The number of nitrogens with two attached hydrogens (primary N) is 1. The minimum Gasteiger partial charge on any atom is -0.496 e. The van der Waals surface area contributed by atoms with Crippen LogP contribution in [-0.4, -0.2) is 30.3 Å². The molecule has 21 heavy (non-hydrogen) atoms. The molecule has 0 spiro atoms. The number of aromatic nitrogens is 3. The summed E-state index contributed by atoms with van der Waals surface area (Å²) in [5.74, 6) is 1.22. The van der Waals surface area contributed by atoms with Gasteiger partial charge >= 0.3 is 0 Å². The highest BCUT2D eigenvalue weighted by molar-refractivity contribution is 7.89. The first kappa shape index (κ1) is 14.0. The molecule has 0 atom stereocenters. The van der Waals surface area contributed by atoms with Crippen molar-refractivity contribution in [2.75, 3.05) is 7.11 Å². The van der Waals surface area contributed by atoms with Gasteiger partial charge in [-0.3, -0.25) is 4.57 Å². The Morgan fingerprint density at radius 1 is 1.33 bits per heavy atom. The zero-order valence-corrected chi connectivity index (χ0v) is 12.6. The summed E-state index contributed by atoms with van der Waals surface area (Å²) in [5, 5.41) is 12.8. The monoisotopic (exact) mass is 308 g/mol. The second-order valence-corrected chi connectivity index (χ2v) is 6.59. The second kappa shape index (κ2) is 4.81. The average Bonchev–Trinajstić information content (AvgIpc) is 3.16. The van der Waals surface area contributed by atoms with Crippen LogP contribution in [0.4, 0.5) is 0 Å². The standard InChI is InChI=1S/C13H16N4O3S/c1-8-3-4-9(7-11(8)20-2)12-15-16-13(21(14,18)19)17(12)10-5-6-10/h3-4,7,10H,5-6H2,1-2H3,(H2,14,18,19). The van der Waals surface area contributed by atoms with Crippen molar-refractivity contribution in [1.82, 2.24) is 14.8 Å². The highest BCUT2D eigenvalue weighted by Gasteiger charge is 2.33. The molecule has 2 aromatic rings. The van der Waals surface area contributed by atoms with Gasteiger partial charge in [-0.25, -0.2) is 13.6 Å². The molecule has 8 heteroatoms. The van der Waals surface area contributed by atoms with Crippen molar-refractivity contribution in [3.05, 3.63) is 23.8 Å². The van der Waals surface area contributed by atoms with E-state index in [1.165, 1.54) is 0 Å². The summed E-state index contributed by atoms with van der Waals surface area (Å²) in [4.78, 5) is 0. The van der Waals surface area contributed by atoms with E-state index in [2.05, 4.69) is 10.2 Å². The number of primary sulfonamides is 1. The Labute approximate surface area is 122 Å². The van der Waals surface area contributed by atoms with E-state index in [1.807, 2.05) is 25.1 Å². The van der Waals surface area contributed by atoms with Crippen LogP contribution < -0.4 is 9.88 Å². The van der Waals surface area contributed by atoms with Gasteiger partial charge in [0.15, 0.2) is 5.82 Å². The molecular formula is C13H16N4O3S. The third-order valence-corrected chi connectivity index (χ3v) is 4.28. The summed E-state index contributed by atoms with van der Waals surface area (Å²) in [6.45, 7) is 1.93. The van der Waals surface area contributed by atoms with E-state index in [1.54, 1.807) is 11.7 Å². The van der Waals surface area contributed by atoms with Crippen molar-refractivity contribution < 1.29 is 13.2 Å². The molecule has 0 amide bonds. The topological polar surface area (TPSA) is 100 Å². The minimum atomic E-state index is -3.89. The Balaban J connectivity index is 2.17. The third kappa shape index (κ3) is 2.52. The number of methoxy groups -OCH3 is 1. The number of hydrogen-bond donors (Lipinski definition) is 1. The molecule has 1 fully saturated rings. The first-order valence-electron chi connectivity index (χ1n) is 6.54. The van der Waals surface area contributed by atoms with Crippen LogP contribution in [0.15, 0.2) is 23.4 Å². The van der Waals surface area contributed by atoms with Gasteiger partial charge in [-0.15, -0.1) is 10.2 Å². The van der Waals surface area contributed by atoms with Crippen LogP contribution in [-0.2, 0) is 10.0 Å². The second-order valence-electron chi connectivity index (χ2n) is 5.14. The van der Waals surface area contributed by atoms with Gasteiger partial charge in [0.1, 0.15) is 5.75 Å². The first-order chi connectivity index (χ1) is 9.91. The van der Waals surface area contributed by atoms with Crippen molar-refractivity contribution in [3.8, 4) is 17.1 Å². The summed E-state index contributed by atoms with van der Waals surface area (Å²) in [7, 11) is -2.30. The van der Waals surface area contributed by atoms with E-state index in [0.717, 1.165) is 29.7 Å². The highest BCUT2D eigenvalue weighted by Crippen LogP contribution is 2.40. The van der Waals surface area contributed by atoms with Gasteiger partial charge in [-0.2, -0.15) is 0 Å². The van der Waals surface area contributed by atoms with E-state index in [0.29, 0.717) is 5.82 Å². The van der Waals surface area contributed by atoms with Crippen molar-refractivity contribution in [2.45, 2.75) is 31.0 Å². The lowest BCUT2D eigenvalue weighted by atomic mass is 10.1. The van der Waals surface area contributed by atoms with Crippen molar-refractivity contribution in [2.24, 2.45) is 5.14 Å². The van der Waals surface area contributed by atoms with Crippen LogP contribution in [0.5, 0.6) is 5.75 Å². The minimum absolute atomic E-state index is 0.0932. The highest BCUT2D eigenvalue weighted by atomic mass is 32.2. The fraction of sp³-hybridized carbons (Fsp3) is 0.385. The van der Waals surface area contributed by atoms with Gasteiger partial charge in [0.05, 0.1) is 7.11 Å². The van der Waals surface area contributed by atoms with E-state index in [4.69, 9.17) is 9.88 Å². The summed E-state index contributed by atoms with van der Waals surface area (Å²) < 4.78 is 30.2. The fourth-order valence-electron chi connectivity index (χ4n) is 2.29. The average molecular weight is 308 g/mol. The van der Waals surface area contributed by atoms with E-state index < -0.39 is 10.0 Å². The molecular weight excluding hydrogens is 292 g/mol. The normalized spacial score (nSPS) is 15.2. The summed E-state index contributed by atoms with van der Waals surface area (Å²) in [5.41, 5.74) is 1.75. The SMILES string of the molecule is COc1cc(-c2nnc(S(N)(=O)=O)n2C2CC2)ccc1C. The van der Waals surface area contributed by atoms with E-state index in [-0.39, 0.29) is 11.2 Å². The van der Waals surface area contributed by atoms with Crippen molar-refractivity contribution in [1.29, 1.82) is 0 Å². The Morgan fingerprint density at radius 3 is 2.62 bits per heavy atom. The van der Waals surface area contributed by atoms with Gasteiger partial charge in [0, 0.05) is 11.6 Å². The van der Waals surface area contributed by atoms with Gasteiger partial charge in [0.25, 0.3) is 15.2 Å². The van der Waals surface area contributed by atoms with Crippen LogP contribution in [0, 0.1) is 6.92 Å². The summed E-state index contributed by atoms with van der Waals surface area (Å²) in [6.07, 6.45) is 1.80. The maximum absolute atomic E-state index is 11.6. The molecule has 1 aromatic heterocycles. The Kier molecular flexibility index (Phi) is 3.22. The van der Waals surface area contributed by atoms with Gasteiger partial charge in [-0.05, 0) is 31.4 Å². The smallest absolute Gasteiger partial charge is 0.273 e. The van der Waals surface area contributed by atoms with Crippen LogP contribution in [0.3, 0.4) is 0 Å². The number of sulfonamides is 1. The molecule has 0 saturated heterocycles. The third-order valence-electron chi connectivity index (χ3n) is 3.50. The number of hydrogen-bond acceptors (Lipinski definition) is 5. The number of ether oxygens (including phenoxy) is 1. The first-order valence-corrected chi connectivity index (χ1v) is 8.09. The predicted molar refractivity (Wildman–Crippen MR) is 76.4 cm³/mol. The molecule has 0 radical (unpaired) electrons. The molecule has 0 unspecified atom stereocenters. The van der Waals surface area contributed by atoms with Crippen LogP contribution >= 0.6 is 0 Å². The zero-order valence-electron chi connectivity index (χ0n) is 11.8. The summed E-state index contributed by atoms with van der Waals surface area (Å²) in [6, 6.07) is 5.69. The van der Waals surface area contributed by atoms with Crippen LogP contribution in [0.1, 0.15) is 24.4 Å². The number of benzene rings is 1. The zero-order chi connectivity index (χ0) is 15.2. The quantitative estimate of drug-likeness (QED) is 0.916. The molecule has 1 saturated carbocycles. The molecule has 1 aliphatic carbocycles. The van der Waals surface area contributed by atoms with Crippen LogP contribution in [0.25, 0.3) is 11.4 Å². The molecule has 1 heterocycles. The molecule has 3 rings (SSSR count). The largest absolute Gasteiger partial charge is 0.496 e. The Bertz CT molecular complexity index is 794. The molecule has 112 valence electrons. The van der Waals surface area contributed by atoms with Gasteiger partial charge < -0.3 is 4.74 Å². The van der Waals surface area contributed by atoms with Gasteiger partial charge in [0.2, 0.25) is 0 Å². The maximum Gasteiger partial charge on any atom is 0.273 e. The molecule has 1 aromatic carbocycles. The van der Waals surface area contributed by atoms with Crippen molar-refractivity contribution in [3.63, 3.8) is 0 Å². The maximum atomic E-state index is 11.6. The lowest BCUT2D eigenvalue weighted by Gasteiger charge is -2.10. The molecule has 1 aliphatic rings. The van der Waals surface area contributed by atoms with Gasteiger partial charge in [-0.1, -0.05) is 12.1 Å². The molecule has 2 N–H and O–H groups in total. The van der Waals surface area contributed by atoms with E-state index >= 15 is 0 Å². The Hall–Kier alpha value is -1.93. The molecule has 7 nitrogen and oxygen atoms in total. The molecule has 0 bridgehead atoms. The van der Waals surface area contributed by atoms with Crippen LogP contribution in [0.2, 0.25) is 0 Å². The fourth-order valence-corrected chi connectivity index (χ4v) is 2.95. The molecule has 0 aliphatic heterocycles. The lowest BCUT2D eigenvalue weighted by molar-refractivity contribution is 0.412.